The van der Waals surface area contributed by atoms with Crippen LogP contribution in [0.2, 0.25) is 0 Å². The second-order valence-corrected chi connectivity index (χ2v) is 6.99. The lowest BCUT2D eigenvalue weighted by atomic mass is 9.95. The van der Waals surface area contributed by atoms with Gasteiger partial charge in [0.15, 0.2) is 0 Å². The van der Waals surface area contributed by atoms with Crippen molar-refractivity contribution >= 4 is 22.6 Å². The zero-order valence-corrected chi connectivity index (χ0v) is 14.1. The van der Waals surface area contributed by atoms with E-state index >= 15 is 0 Å². The van der Waals surface area contributed by atoms with E-state index in [0.29, 0.717) is 0 Å². The Balaban J connectivity index is 2.20. The first-order valence-corrected chi connectivity index (χ1v) is 8.08. The van der Waals surface area contributed by atoms with E-state index in [-0.39, 0.29) is 0 Å². The quantitative estimate of drug-likeness (QED) is 0.696. The summed E-state index contributed by atoms with van der Waals surface area (Å²) in [5, 5.41) is 0. The lowest BCUT2D eigenvalue weighted by Crippen LogP contribution is -2.43. The Morgan fingerprint density at radius 1 is 1.11 bits per heavy atom. The van der Waals surface area contributed by atoms with Crippen LogP contribution in [0.25, 0.3) is 0 Å². The van der Waals surface area contributed by atoms with Crippen LogP contribution in [-0.2, 0) is 6.54 Å². The maximum Gasteiger partial charge on any atom is 0.0242 e. The van der Waals surface area contributed by atoms with E-state index in [9.17, 15) is 0 Å². The van der Waals surface area contributed by atoms with Gasteiger partial charge in [0.1, 0.15) is 0 Å². The van der Waals surface area contributed by atoms with Gasteiger partial charge in [-0.15, -0.1) is 0 Å². The minimum Gasteiger partial charge on any atom is -0.294 e. The highest BCUT2D eigenvalue weighted by molar-refractivity contribution is 14.1. The Kier molecular flexibility index (Phi) is 4.70. The summed E-state index contributed by atoms with van der Waals surface area (Å²) in [4.78, 5) is 2.68. The fourth-order valence-electron chi connectivity index (χ4n) is 2.99. The maximum absolute atomic E-state index is 2.68. The van der Waals surface area contributed by atoms with Gasteiger partial charge in [0.25, 0.3) is 0 Å². The average molecular weight is 357 g/mol. The van der Waals surface area contributed by atoms with Crippen molar-refractivity contribution in [3.63, 3.8) is 0 Å². The Hall–Kier alpha value is -0.0900. The number of hydrogen-bond acceptors (Lipinski definition) is 1. The third kappa shape index (κ3) is 3.08. The van der Waals surface area contributed by atoms with Crippen LogP contribution in [-0.4, -0.2) is 17.0 Å². The summed E-state index contributed by atoms with van der Waals surface area (Å²) in [6, 6.07) is 6.16. The summed E-state index contributed by atoms with van der Waals surface area (Å²) in [6.07, 6.45) is 4.10. The number of hydrogen-bond donors (Lipinski definition) is 0. The molecule has 2 heteroatoms. The van der Waals surface area contributed by atoms with Crippen LogP contribution < -0.4 is 0 Å². The minimum atomic E-state index is 0.729. The maximum atomic E-state index is 2.68. The average Bonchev–Trinajstić information content (AvgIpc) is 2.30. The first-order valence-electron chi connectivity index (χ1n) is 7.00. The molecule has 0 bridgehead atoms. The zero-order chi connectivity index (χ0) is 13.3. The summed E-state index contributed by atoms with van der Waals surface area (Å²) >= 11 is 2.43. The molecule has 1 aliphatic heterocycles. The number of likely N-dealkylation sites (tertiary alicyclic amines) is 1. The Morgan fingerprint density at radius 2 is 1.72 bits per heavy atom. The molecule has 0 N–H and O–H groups in total. The largest absolute Gasteiger partial charge is 0.294 e. The lowest BCUT2D eigenvalue weighted by Gasteiger charge is -2.39. The van der Waals surface area contributed by atoms with E-state index in [1.165, 1.54) is 39.5 Å². The molecule has 1 nitrogen and oxygen atoms in total. The molecule has 0 spiro atoms. The van der Waals surface area contributed by atoms with Crippen LogP contribution in [0, 0.1) is 17.4 Å². The SMILES string of the molecule is Cc1cc(CN2C(C)CCCC2C)c(C)cc1I. The molecule has 1 aromatic carbocycles. The molecule has 1 saturated heterocycles. The van der Waals surface area contributed by atoms with Gasteiger partial charge >= 0.3 is 0 Å². The van der Waals surface area contributed by atoms with Crippen molar-refractivity contribution in [3.8, 4) is 0 Å². The van der Waals surface area contributed by atoms with Crippen LogP contribution >= 0.6 is 22.6 Å². The molecule has 1 fully saturated rings. The molecule has 100 valence electrons. The highest BCUT2D eigenvalue weighted by Gasteiger charge is 2.24. The molecule has 0 saturated carbocycles. The van der Waals surface area contributed by atoms with Gasteiger partial charge in [0.05, 0.1) is 0 Å². The molecule has 0 aromatic heterocycles. The van der Waals surface area contributed by atoms with E-state index in [1.54, 1.807) is 0 Å². The Labute approximate surface area is 125 Å². The van der Waals surface area contributed by atoms with Gasteiger partial charge in [-0.05, 0) is 85.9 Å². The number of aryl methyl sites for hydroxylation is 2. The molecule has 18 heavy (non-hydrogen) atoms. The monoisotopic (exact) mass is 357 g/mol. The van der Waals surface area contributed by atoms with Gasteiger partial charge in [-0.1, -0.05) is 12.5 Å². The van der Waals surface area contributed by atoms with Crippen molar-refractivity contribution in [2.75, 3.05) is 0 Å². The lowest BCUT2D eigenvalue weighted by molar-refractivity contribution is 0.0950. The van der Waals surface area contributed by atoms with Gasteiger partial charge in [-0.3, -0.25) is 4.90 Å². The summed E-state index contributed by atoms with van der Waals surface area (Å²) < 4.78 is 1.38. The summed E-state index contributed by atoms with van der Waals surface area (Å²) in [5.74, 6) is 0. The van der Waals surface area contributed by atoms with Gasteiger partial charge < -0.3 is 0 Å². The number of piperidine rings is 1. The van der Waals surface area contributed by atoms with Crippen LogP contribution in [0.1, 0.15) is 49.8 Å². The van der Waals surface area contributed by atoms with Crippen molar-refractivity contribution in [1.82, 2.24) is 4.90 Å². The standard InChI is InChI=1S/C16H24IN/c1-11-9-16(17)12(2)8-15(11)10-18-13(3)6-5-7-14(18)4/h8-9,13-14H,5-7,10H2,1-4H3. The van der Waals surface area contributed by atoms with Crippen molar-refractivity contribution < 1.29 is 0 Å². The second kappa shape index (κ2) is 5.91. The molecule has 2 rings (SSSR count). The normalized spacial score (nSPS) is 25.4. The van der Waals surface area contributed by atoms with Crippen LogP contribution in [0.15, 0.2) is 12.1 Å². The molecule has 1 aromatic rings. The van der Waals surface area contributed by atoms with Gasteiger partial charge in [0, 0.05) is 22.2 Å². The van der Waals surface area contributed by atoms with Crippen molar-refractivity contribution in [3.05, 3.63) is 32.4 Å². The Bertz CT molecular complexity index is 417. The summed E-state index contributed by atoms with van der Waals surface area (Å²) in [7, 11) is 0. The fourth-order valence-corrected chi connectivity index (χ4v) is 3.62. The van der Waals surface area contributed by atoms with Gasteiger partial charge in [-0.2, -0.15) is 0 Å². The van der Waals surface area contributed by atoms with Crippen LogP contribution in [0.3, 0.4) is 0 Å². The zero-order valence-electron chi connectivity index (χ0n) is 12.0. The number of halogens is 1. The van der Waals surface area contributed by atoms with Crippen molar-refractivity contribution in [2.24, 2.45) is 0 Å². The first kappa shape index (κ1) is 14.3. The van der Waals surface area contributed by atoms with Crippen LogP contribution in [0.4, 0.5) is 0 Å². The number of benzene rings is 1. The minimum absolute atomic E-state index is 0.729. The summed E-state index contributed by atoms with van der Waals surface area (Å²) in [5.41, 5.74) is 4.36. The fraction of sp³-hybridized carbons (Fsp3) is 0.625. The smallest absolute Gasteiger partial charge is 0.0242 e. The highest BCUT2D eigenvalue weighted by atomic mass is 127. The molecule has 0 aliphatic carbocycles. The molecule has 0 amide bonds. The number of nitrogens with zero attached hydrogens (tertiary/aromatic N) is 1. The van der Waals surface area contributed by atoms with Crippen molar-refractivity contribution in [2.45, 2.75) is 65.6 Å². The van der Waals surface area contributed by atoms with Crippen molar-refractivity contribution in [1.29, 1.82) is 0 Å². The highest BCUT2D eigenvalue weighted by Crippen LogP contribution is 2.26. The first-order chi connectivity index (χ1) is 8.49. The van der Waals surface area contributed by atoms with E-state index in [4.69, 9.17) is 0 Å². The molecule has 1 aliphatic rings. The predicted octanol–water partition coefficient (Wildman–Crippen LogP) is 4.67. The third-order valence-electron chi connectivity index (χ3n) is 4.35. The number of rotatable bonds is 2. The van der Waals surface area contributed by atoms with E-state index in [2.05, 4.69) is 67.3 Å². The van der Waals surface area contributed by atoms with Gasteiger partial charge in [-0.25, -0.2) is 0 Å². The van der Waals surface area contributed by atoms with E-state index in [1.807, 2.05) is 0 Å². The van der Waals surface area contributed by atoms with E-state index in [0.717, 1.165) is 18.6 Å². The molecule has 1 heterocycles. The molecular weight excluding hydrogens is 333 g/mol. The molecular formula is C16H24IN. The second-order valence-electron chi connectivity index (χ2n) is 5.83. The predicted molar refractivity (Wildman–Crippen MR) is 87.0 cm³/mol. The third-order valence-corrected chi connectivity index (χ3v) is 5.51. The van der Waals surface area contributed by atoms with Crippen LogP contribution in [0.5, 0.6) is 0 Å². The van der Waals surface area contributed by atoms with Gasteiger partial charge in [0.2, 0.25) is 0 Å². The van der Waals surface area contributed by atoms with E-state index < -0.39 is 0 Å². The molecule has 2 unspecified atom stereocenters. The summed E-state index contributed by atoms with van der Waals surface area (Å²) in [6.45, 7) is 10.3. The molecule has 0 radical (unpaired) electrons. The topological polar surface area (TPSA) is 3.24 Å². The Morgan fingerprint density at radius 3 is 2.33 bits per heavy atom. The molecule has 2 atom stereocenters.